The maximum absolute atomic E-state index is 11.9. The van der Waals surface area contributed by atoms with Gasteiger partial charge in [0, 0.05) is 20.1 Å². The minimum Gasteiger partial charge on any atom is -0.481 e. The molecule has 0 amide bonds. The third-order valence-electron chi connectivity index (χ3n) is 3.76. The van der Waals surface area contributed by atoms with Crippen LogP contribution in [0.4, 0.5) is 0 Å². The zero-order chi connectivity index (χ0) is 15.2. The maximum Gasteiger partial charge on any atom is 0.304 e. The number of likely N-dealkylation sites (tertiary alicyclic amines) is 1. The van der Waals surface area contributed by atoms with Crippen molar-refractivity contribution in [2.75, 3.05) is 39.8 Å². The van der Waals surface area contributed by atoms with E-state index >= 15 is 0 Å². The van der Waals surface area contributed by atoms with Crippen molar-refractivity contribution in [1.82, 2.24) is 13.9 Å². The Kier molecular flexibility index (Phi) is 6.87. The molecule has 0 atom stereocenters. The first-order chi connectivity index (χ1) is 9.35. The Hall–Kier alpha value is -0.700. The van der Waals surface area contributed by atoms with Gasteiger partial charge in [0.05, 0.1) is 6.42 Å². The maximum atomic E-state index is 11.9. The van der Waals surface area contributed by atoms with Gasteiger partial charge in [-0.2, -0.15) is 12.7 Å². The lowest BCUT2D eigenvalue weighted by Gasteiger charge is -2.31. The molecule has 1 aliphatic rings. The van der Waals surface area contributed by atoms with Gasteiger partial charge in [0.2, 0.25) is 0 Å². The van der Waals surface area contributed by atoms with E-state index in [2.05, 4.69) is 16.5 Å². The quantitative estimate of drug-likeness (QED) is 0.657. The van der Waals surface area contributed by atoms with Crippen LogP contribution in [0.3, 0.4) is 0 Å². The highest BCUT2D eigenvalue weighted by molar-refractivity contribution is 7.87. The number of nitrogens with one attached hydrogen (secondary N) is 1. The van der Waals surface area contributed by atoms with E-state index in [4.69, 9.17) is 5.11 Å². The van der Waals surface area contributed by atoms with Crippen molar-refractivity contribution in [2.24, 2.45) is 5.92 Å². The van der Waals surface area contributed by atoms with Crippen LogP contribution in [0.15, 0.2) is 0 Å². The molecule has 0 unspecified atom stereocenters. The summed E-state index contributed by atoms with van der Waals surface area (Å²) in [6.07, 6.45) is 1.80. The van der Waals surface area contributed by atoms with Crippen molar-refractivity contribution in [1.29, 1.82) is 0 Å². The van der Waals surface area contributed by atoms with Crippen molar-refractivity contribution >= 4 is 16.2 Å². The molecule has 1 saturated heterocycles. The largest absolute Gasteiger partial charge is 0.481 e. The van der Waals surface area contributed by atoms with Crippen LogP contribution in [0.1, 0.15) is 26.2 Å². The lowest BCUT2D eigenvalue weighted by atomic mass is 9.97. The minimum absolute atomic E-state index is 0.0149. The molecule has 1 rings (SSSR count). The second kappa shape index (κ2) is 7.92. The van der Waals surface area contributed by atoms with Crippen LogP contribution in [0.25, 0.3) is 0 Å². The Morgan fingerprint density at radius 3 is 2.50 bits per heavy atom. The second-order valence-electron chi connectivity index (χ2n) is 5.20. The molecule has 8 heteroatoms. The van der Waals surface area contributed by atoms with Crippen LogP contribution in [-0.2, 0) is 15.0 Å². The first kappa shape index (κ1) is 17.4. The van der Waals surface area contributed by atoms with E-state index in [0.29, 0.717) is 12.5 Å². The Bertz CT molecular complexity index is 405. The fraction of sp³-hybridized carbons (Fsp3) is 0.917. The van der Waals surface area contributed by atoms with Gasteiger partial charge in [0.15, 0.2) is 0 Å². The van der Waals surface area contributed by atoms with Crippen molar-refractivity contribution in [3.63, 3.8) is 0 Å². The number of carboxylic acid groups (broad SMARTS) is 1. The molecule has 20 heavy (non-hydrogen) atoms. The first-order valence-corrected chi connectivity index (χ1v) is 8.44. The van der Waals surface area contributed by atoms with Gasteiger partial charge < -0.3 is 10.0 Å². The number of carbonyl (C=O) groups is 1. The third kappa shape index (κ3) is 5.74. The van der Waals surface area contributed by atoms with Gasteiger partial charge in [-0.3, -0.25) is 4.79 Å². The number of carboxylic acids is 1. The lowest BCUT2D eigenvalue weighted by Crippen LogP contribution is -2.43. The summed E-state index contributed by atoms with van der Waals surface area (Å²) in [4.78, 5) is 12.8. The van der Waals surface area contributed by atoms with Crippen LogP contribution in [0.2, 0.25) is 0 Å². The van der Waals surface area contributed by atoms with Gasteiger partial charge in [-0.1, -0.05) is 6.92 Å². The molecule has 0 aromatic heterocycles. The normalized spacial score (nSPS) is 18.6. The predicted octanol–water partition coefficient (Wildman–Crippen LogP) is -0.0408. The average molecular weight is 307 g/mol. The van der Waals surface area contributed by atoms with Gasteiger partial charge >= 0.3 is 5.97 Å². The molecule has 2 N–H and O–H groups in total. The van der Waals surface area contributed by atoms with Gasteiger partial charge in [-0.25, -0.2) is 4.72 Å². The van der Waals surface area contributed by atoms with Crippen molar-refractivity contribution in [2.45, 2.75) is 26.2 Å². The second-order valence-corrected chi connectivity index (χ2v) is 7.06. The number of hydrogen-bond donors (Lipinski definition) is 2. The zero-order valence-electron chi connectivity index (χ0n) is 12.2. The number of aliphatic carboxylic acids is 1. The van der Waals surface area contributed by atoms with Crippen molar-refractivity contribution in [3.05, 3.63) is 0 Å². The number of hydrogen-bond acceptors (Lipinski definition) is 4. The SMILES string of the molecule is CCN1CCC(CNS(=O)(=O)N(C)CCC(=O)O)CC1. The minimum atomic E-state index is -3.57. The van der Waals surface area contributed by atoms with E-state index in [0.717, 1.165) is 36.8 Å². The molecular formula is C12H25N3O4S. The van der Waals surface area contributed by atoms with Gasteiger partial charge in [0.25, 0.3) is 10.2 Å². The summed E-state index contributed by atoms with van der Waals surface area (Å²) in [5.74, 6) is -0.639. The van der Waals surface area contributed by atoms with Gasteiger partial charge in [-0.05, 0) is 38.4 Å². The van der Waals surface area contributed by atoms with E-state index in [1.165, 1.54) is 7.05 Å². The van der Waals surface area contributed by atoms with Crippen LogP contribution in [0, 0.1) is 5.92 Å². The highest BCUT2D eigenvalue weighted by Gasteiger charge is 2.22. The summed E-state index contributed by atoms with van der Waals surface area (Å²) in [5, 5.41) is 8.56. The Balaban J connectivity index is 2.34. The lowest BCUT2D eigenvalue weighted by molar-refractivity contribution is -0.137. The number of rotatable bonds is 8. The number of piperidine rings is 1. The molecule has 118 valence electrons. The molecule has 0 spiro atoms. The van der Waals surface area contributed by atoms with E-state index in [-0.39, 0.29) is 13.0 Å². The van der Waals surface area contributed by atoms with Crippen LogP contribution in [-0.4, -0.2) is 68.5 Å². The highest BCUT2D eigenvalue weighted by Crippen LogP contribution is 2.16. The Labute approximate surface area is 121 Å². The van der Waals surface area contributed by atoms with Gasteiger partial charge in [-0.15, -0.1) is 0 Å². The van der Waals surface area contributed by atoms with Crippen LogP contribution in [0.5, 0.6) is 0 Å². The fourth-order valence-corrected chi connectivity index (χ4v) is 3.21. The molecule has 0 aliphatic carbocycles. The molecule has 1 fully saturated rings. The molecule has 1 aliphatic heterocycles. The molecule has 1 heterocycles. The summed E-state index contributed by atoms with van der Waals surface area (Å²) >= 11 is 0. The first-order valence-electron chi connectivity index (χ1n) is 7.00. The number of nitrogens with zero attached hydrogens (tertiary/aromatic N) is 2. The molecule has 0 bridgehead atoms. The standard InChI is InChI=1S/C12H25N3O4S/c1-3-15-8-4-11(5-9-15)10-13-20(18,19)14(2)7-6-12(16)17/h11,13H,3-10H2,1-2H3,(H,16,17). The third-order valence-corrected chi connectivity index (χ3v) is 5.29. The zero-order valence-corrected chi connectivity index (χ0v) is 13.0. The molecule has 0 saturated carbocycles. The van der Waals surface area contributed by atoms with E-state index in [1.807, 2.05) is 0 Å². The van der Waals surface area contributed by atoms with Gasteiger partial charge in [0.1, 0.15) is 0 Å². The topological polar surface area (TPSA) is 90.0 Å². The molecule has 7 nitrogen and oxygen atoms in total. The van der Waals surface area contributed by atoms with Crippen LogP contribution < -0.4 is 4.72 Å². The molecule has 0 radical (unpaired) electrons. The Morgan fingerprint density at radius 1 is 1.40 bits per heavy atom. The highest BCUT2D eigenvalue weighted by atomic mass is 32.2. The Morgan fingerprint density at radius 2 is 2.00 bits per heavy atom. The van der Waals surface area contributed by atoms with E-state index < -0.39 is 16.2 Å². The monoisotopic (exact) mass is 307 g/mol. The summed E-state index contributed by atoms with van der Waals surface area (Å²) in [6.45, 7) is 5.60. The summed E-state index contributed by atoms with van der Waals surface area (Å²) in [6, 6.07) is 0. The summed E-state index contributed by atoms with van der Waals surface area (Å²) in [5.41, 5.74) is 0. The molecule has 0 aromatic rings. The van der Waals surface area contributed by atoms with Crippen LogP contribution >= 0.6 is 0 Å². The average Bonchev–Trinajstić information content (AvgIpc) is 2.43. The van der Waals surface area contributed by atoms with E-state index in [1.54, 1.807) is 0 Å². The smallest absolute Gasteiger partial charge is 0.304 e. The summed E-state index contributed by atoms with van der Waals surface area (Å²) < 4.78 is 27.5. The summed E-state index contributed by atoms with van der Waals surface area (Å²) in [7, 11) is -2.17. The molecular weight excluding hydrogens is 282 g/mol. The van der Waals surface area contributed by atoms with E-state index in [9.17, 15) is 13.2 Å². The van der Waals surface area contributed by atoms with Crippen molar-refractivity contribution < 1.29 is 18.3 Å². The fourth-order valence-electron chi connectivity index (χ4n) is 2.21. The van der Waals surface area contributed by atoms with Crippen molar-refractivity contribution in [3.8, 4) is 0 Å². The molecule has 0 aromatic carbocycles. The predicted molar refractivity (Wildman–Crippen MR) is 76.6 cm³/mol.